The molecule has 1 aromatic heterocycles. The van der Waals surface area contributed by atoms with E-state index < -0.39 is 6.04 Å². The molecule has 0 bridgehead atoms. The van der Waals surface area contributed by atoms with E-state index in [1.807, 2.05) is 37.3 Å². The highest BCUT2D eigenvalue weighted by atomic mass is 32.2. The molecule has 3 aromatic carbocycles. The molecule has 1 atom stereocenters. The van der Waals surface area contributed by atoms with Crippen LogP contribution in [0.4, 0.5) is 16.0 Å². The van der Waals surface area contributed by atoms with E-state index in [0.29, 0.717) is 28.1 Å². The molecule has 2 N–H and O–H groups in total. The number of hydrogen-bond donors (Lipinski definition) is 2. The summed E-state index contributed by atoms with van der Waals surface area (Å²) < 4.78 is 15.5. The lowest BCUT2D eigenvalue weighted by atomic mass is 9.95. The molecule has 0 spiro atoms. The summed E-state index contributed by atoms with van der Waals surface area (Å²) in [5, 5.41) is 11.6. The molecule has 0 unspecified atom stereocenters. The number of benzene rings is 3. The molecule has 1 amide bonds. The Morgan fingerprint density at radius 1 is 1.06 bits per heavy atom. The van der Waals surface area contributed by atoms with Crippen LogP contribution in [0.3, 0.4) is 0 Å². The number of nitrogens with zero attached hydrogens (tertiary/aromatic N) is 3. The Labute approximate surface area is 213 Å². The van der Waals surface area contributed by atoms with Gasteiger partial charge in [-0.25, -0.2) is 9.07 Å². The summed E-state index contributed by atoms with van der Waals surface area (Å²) in [7, 11) is 0. The first kappa shape index (κ1) is 23.8. The summed E-state index contributed by atoms with van der Waals surface area (Å²) in [4.78, 5) is 18.2. The Hall–Kier alpha value is -3.91. The van der Waals surface area contributed by atoms with Gasteiger partial charge in [-0.2, -0.15) is 4.98 Å². The molecule has 0 fully saturated rings. The molecule has 182 valence electrons. The van der Waals surface area contributed by atoms with E-state index in [1.54, 1.807) is 16.8 Å². The van der Waals surface area contributed by atoms with Crippen LogP contribution in [0.1, 0.15) is 35.2 Å². The normalized spacial score (nSPS) is 14.8. The molecule has 36 heavy (non-hydrogen) atoms. The Balaban J connectivity index is 1.48. The number of thioether (sulfide) groups is 1. The van der Waals surface area contributed by atoms with Crippen molar-refractivity contribution in [1.29, 1.82) is 0 Å². The summed E-state index contributed by atoms with van der Waals surface area (Å²) in [6.07, 6.45) is 0. The van der Waals surface area contributed by atoms with Crippen LogP contribution in [0.2, 0.25) is 0 Å². The average Bonchev–Trinajstić information content (AvgIpc) is 3.26. The minimum Gasteiger partial charge on any atom is -0.328 e. The van der Waals surface area contributed by atoms with Crippen LogP contribution in [0.15, 0.2) is 89.2 Å². The van der Waals surface area contributed by atoms with Gasteiger partial charge >= 0.3 is 0 Å². The van der Waals surface area contributed by atoms with E-state index in [4.69, 9.17) is 10.1 Å². The van der Waals surface area contributed by atoms with Gasteiger partial charge in [-0.15, -0.1) is 5.10 Å². The number of aromatic nitrogens is 3. The molecule has 1 aliphatic heterocycles. The Bertz CT molecular complexity index is 1450. The van der Waals surface area contributed by atoms with E-state index in [0.717, 1.165) is 11.3 Å². The number of anilines is 2. The van der Waals surface area contributed by atoms with Crippen LogP contribution in [0, 0.1) is 19.7 Å². The van der Waals surface area contributed by atoms with Gasteiger partial charge in [0.25, 0.3) is 5.91 Å². The van der Waals surface area contributed by atoms with Crippen molar-refractivity contribution < 1.29 is 9.18 Å². The number of fused-ring (bicyclic) bond motifs is 1. The summed E-state index contributed by atoms with van der Waals surface area (Å²) in [5.41, 5.74) is 6.27. The number of rotatable bonds is 6. The van der Waals surface area contributed by atoms with Gasteiger partial charge in [0, 0.05) is 17.1 Å². The second kappa shape index (κ2) is 9.99. The first-order chi connectivity index (χ1) is 17.4. The molecule has 8 heteroatoms. The molecule has 1 aliphatic rings. The van der Waals surface area contributed by atoms with E-state index in [2.05, 4.69) is 42.7 Å². The molecule has 4 aromatic rings. The lowest BCUT2D eigenvalue weighted by Crippen LogP contribution is -2.31. The van der Waals surface area contributed by atoms with Gasteiger partial charge < -0.3 is 10.6 Å². The smallest absolute Gasteiger partial charge is 0.255 e. The first-order valence-corrected chi connectivity index (χ1v) is 12.6. The van der Waals surface area contributed by atoms with Crippen molar-refractivity contribution in [3.63, 3.8) is 0 Å². The van der Waals surface area contributed by atoms with Gasteiger partial charge in [-0.05, 0) is 61.7 Å². The number of aryl methyl sites for hydroxylation is 2. The van der Waals surface area contributed by atoms with Crippen LogP contribution in [0.25, 0.3) is 0 Å². The van der Waals surface area contributed by atoms with E-state index >= 15 is 0 Å². The van der Waals surface area contributed by atoms with Crippen molar-refractivity contribution in [3.8, 4) is 0 Å². The number of para-hydroxylation sites is 1. The molecule has 6 nitrogen and oxygen atoms in total. The third kappa shape index (κ3) is 4.90. The highest BCUT2D eigenvalue weighted by molar-refractivity contribution is 7.98. The average molecular weight is 500 g/mol. The van der Waals surface area contributed by atoms with Gasteiger partial charge in [-0.3, -0.25) is 4.79 Å². The van der Waals surface area contributed by atoms with Crippen molar-refractivity contribution >= 4 is 29.3 Å². The van der Waals surface area contributed by atoms with Crippen LogP contribution in [-0.4, -0.2) is 20.7 Å². The van der Waals surface area contributed by atoms with Gasteiger partial charge in [0.05, 0.1) is 5.57 Å². The van der Waals surface area contributed by atoms with E-state index in [1.165, 1.54) is 40.6 Å². The third-order valence-corrected chi connectivity index (χ3v) is 7.04. The molecule has 0 aliphatic carbocycles. The zero-order valence-electron chi connectivity index (χ0n) is 20.2. The first-order valence-electron chi connectivity index (χ1n) is 11.6. The summed E-state index contributed by atoms with van der Waals surface area (Å²) >= 11 is 1.54. The van der Waals surface area contributed by atoms with E-state index in [9.17, 15) is 9.18 Å². The molecule has 0 saturated heterocycles. The second-order valence-corrected chi connectivity index (χ2v) is 9.76. The number of hydrogen-bond acceptors (Lipinski definition) is 5. The van der Waals surface area contributed by atoms with Crippen molar-refractivity contribution in [2.75, 3.05) is 10.6 Å². The van der Waals surface area contributed by atoms with Crippen LogP contribution in [0.5, 0.6) is 0 Å². The zero-order chi connectivity index (χ0) is 25.2. The van der Waals surface area contributed by atoms with Crippen LogP contribution >= 0.6 is 11.8 Å². The minimum absolute atomic E-state index is 0.258. The summed E-state index contributed by atoms with van der Waals surface area (Å²) in [5.74, 6) is 0.671. The maximum absolute atomic E-state index is 13.8. The lowest BCUT2D eigenvalue weighted by molar-refractivity contribution is -0.113. The number of nitrogens with one attached hydrogen (secondary N) is 2. The molecule has 5 rings (SSSR count). The highest BCUT2D eigenvalue weighted by Crippen LogP contribution is 2.37. The maximum Gasteiger partial charge on any atom is 0.255 e. The van der Waals surface area contributed by atoms with Crippen molar-refractivity contribution in [3.05, 3.63) is 112 Å². The highest BCUT2D eigenvalue weighted by Gasteiger charge is 2.34. The van der Waals surface area contributed by atoms with E-state index in [-0.39, 0.29) is 11.7 Å². The SMILES string of the molecule is CC1=C(C(=O)Nc2ccccc2)[C@H](c2ccc(F)cc2)n2nc(SCc3ccc(C)cc3C)nc2N1. The van der Waals surface area contributed by atoms with Crippen molar-refractivity contribution in [1.82, 2.24) is 14.8 Å². The van der Waals surface area contributed by atoms with Crippen LogP contribution in [-0.2, 0) is 10.5 Å². The topological polar surface area (TPSA) is 71.8 Å². The molecule has 2 heterocycles. The predicted molar refractivity (Wildman–Crippen MR) is 141 cm³/mol. The van der Waals surface area contributed by atoms with Gasteiger partial charge in [0.2, 0.25) is 11.1 Å². The van der Waals surface area contributed by atoms with Gasteiger partial charge in [-0.1, -0.05) is 65.9 Å². The Morgan fingerprint density at radius 3 is 2.53 bits per heavy atom. The number of carbonyl (C=O) groups is 1. The van der Waals surface area contributed by atoms with Gasteiger partial charge in [0.15, 0.2) is 0 Å². The number of allylic oxidation sites excluding steroid dienone is 1. The third-order valence-electron chi connectivity index (χ3n) is 6.15. The molecular weight excluding hydrogens is 473 g/mol. The monoisotopic (exact) mass is 499 g/mol. The standard InChI is InChI=1S/C28H26FN5OS/c1-17-9-10-21(18(2)15-17)16-36-28-32-27-30-19(3)24(26(35)31-23-7-5-4-6-8-23)25(34(27)33-28)20-11-13-22(29)14-12-20/h4-15,25H,16H2,1-3H3,(H,31,35)(H,30,32,33)/t25-/m0/s1. The fourth-order valence-electron chi connectivity index (χ4n) is 4.31. The molecule has 0 radical (unpaired) electrons. The summed E-state index contributed by atoms with van der Waals surface area (Å²) in [6.45, 7) is 6.03. The maximum atomic E-state index is 13.8. The number of halogens is 1. The molecule has 0 saturated carbocycles. The quantitative estimate of drug-likeness (QED) is 0.307. The lowest BCUT2D eigenvalue weighted by Gasteiger charge is -2.28. The van der Waals surface area contributed by atoms with Crippen molar-refractivity contribution in [2.24, 2.45) is 0 Å². The second-order valence-electron chi connectivity index (χ2n) is 8.82. The molecular formula is C28H26FN5OS. The van der Waals surface area contributed by atoms with Crippen molar-refractivity contribution in [2.45, 2.75) is 37.7 Å². The number of amides is 1. The summed E-state index contributed by atoms with van der Waals surface area (Å²) in [6, 6.07) is 21.3. The Kier molecular flexibility index (Phi) is 6.61. The fourth-order valence-corrected chi connectivity index (χ4v) is 5.22. The fraction of sp³-hybridized carbons (Fsp3) is 0.179. The van der Waals surface area contributed by atoms with Gasteiger partial charge in [0.1, 0.15) is 11.9 Å². The predicted octanol–water partition coefficient (Wildman–Crippen LogP) is 6.25. The largest absolute Gasteiger partial charge is 0.328 e. The number of carbonyl (C=O) groups excluding carboxylic acids is 1. The van der Waals surface area contributed by atoms with Crippen LogP contribution < -0.4 is 10.6 Å². The Morgan fingerprint density at radius 2 is 1.81 bits per heavy atom. The zero-order valence-corrected chi connectivity index (χ0v) is 21.1. The minimum atomic E-state index is -0.562.